The number of benzene rings is 1. The summed E-state index contributed by atoms with van der Waals surface area (Å²) in [5.74, 6) is 1.23. The third-order valence-corrected chi connectivity index (χ3v) is 5.18. The number of carboxylic acids is 1. The first-order valence-corrected chi connectivity index (χ1v) is 8.62. The molecule has 0 saturated carbocycles. The summed E-state index contributed by atoms with van der Waals surface area (Å²) >= 11 is 2.98. The van der Waals surface area contributed by atoms with Gasteiger partial charge in [0.1, 0.15) is 11.8 Å². The van der Waals surface area contributed by atoms with Gasteiger partial charge in [-0.25, -0.2) is 4.79 Å². The molecule has 1 fully saturated rings. The predicted octanol–water partition coefficient (Wildman–Crippen LogP) is 1.82. The Kier molecular flexibility index (Phi) is 5.81. The molecule has 1 heterocycles. The Morgan fingerprint density at radius 2 is 2.14 bits per heavy atom. The highest BCUT2D eigenvalue weighted by Crippen LogP contribution is 2.23. The highest BCUT2D eigenvalue weighted by Gasteiger charge is 2.32. The number of hydrogen-bond acceptors (Lipinski definition) is 5. The van der Waals surface area contributed by atoms with Crippen molar-refractivity contribution in [3.63, 3.8) is 0 Å². The molecule has 114 valence electrons. The number of thioether (sulfide) groups is 2. The van der Waals surface area contributed by atoms with Crippen LogP contribution in [0, 0.1) is 0 Å². The largest absolute Gasteiger partial charge is 0.497 e. The van der Waals surface area contributed by atoms with Crippen LogP contribution in [0.1, 0.15) is 0 Å². The quantitative estimate of drug-likeness (QED) is 0.832. The molecule has 0 bridgehead atoms. The van der Waals surface area contributed by atoms with Crippen molar-refractivity contribution in [3.8, 4) is 5.75 Å². The summed E-state index contributed by atoms with van der Waals surface area (Å²) in [4.78, 5) is 25.8. The van der Waals surface area contributed by atoms with Gasteiger partial charge in [-0.3, -0.25) is 4.79 Å². The number of amides is 1. The fourth-order valence-corrected chi connectivity index (χ4v) is 3.83. The fourth-order valence-electron chi connectivity index (χ4n) is 2.01. The van der Waals surface area contributed by atoms with E-state index in [-0.39, 0.29) is 11.7 Å². The number of nitrogens with zero attached hydrogens (tertiary/aromatic N) is 1. The molecule has 1 unspecified atom stereocenters. The molecule has 0 aliphatic carbocycles. The van der Waals surface area contributed by atoms with E-state index in [1.807, 2.05) is 24.3 Å². The molecule has 0 radical (unpaired) electrons. The lowest BCUT2D eigenvalue weighted by Gasteiger charge is -2.32. The molecule has 0 spiro atoms. The van der Waals surface area contributed by atoms with Crippen molar-refractivity contribution < 1.29 is 19.4 Å². The van der Waals surface area contributed by atoms with Gasteiger partial charge in [0, 0.05) is 22.9 Å². The minimum Gasteiger partial charge on any atom is -0.497 e. The van der Waals surface area contributed by atoms with E-state index in [1.165, 1.54) is 16.7 Å². The van der Waals surface area contributed by atoms with Crippen LogP contribution >= 0.6 is 23.5 Å². The second kappa shape index (κ2) is 7.61. The van der Waals surface area contributed by atoms with E-state index in [4.69, 9.17) is 4.74 Å². The van der Waals surface area contributed by atoms with E-state index in [1.54, 1.807) is 18.9 Å². The van der Waals surface area contributed by atoms with Crippen LogP contribution in [0.4, 0.5) is 0 Å². The number of carboxylic acid groups (broad SMARTS) is 1. The summed E-state index contributed by atoms with van der Waals surface area (Å²) in [6.45, 7) is 0.504. The van der Waals surface area contributed by atoms with Crippen LogP contribution in [-0.4, -0.2) is 58.8 Å². The Morgan fingerprint density at radius 1 is 1.43 bits per heavy atom. The van der Waals surface area contributed by atoms with Gasteiger partial charge in [-0.2, -0.15) is 11.8 Å². The molecule has 1 amide bonds. The van der Waals surface area contributed by atoms with Gasteiger partial charge in [-0.15, -0.1) is 11.8 Å². The third-order valence-electron chi connectivity index (χ3n) is 3.16. The SMILES string of the molecule is COc1ccc(SCC(=O)N2CCSCC2C(=O)O)cc1. The molecule has 1 aliphatic heterocycles. The minimum atomic E-state index is -0.926. The maximum atomic E-state index is 12.2. The molecule has 1 N–H and O–H groups in total. The zero-order valence-corrected chi connectivity index (χ0v) is 13.3. The molecule has 0 aromatic heterocycles. The monoisotopic (exact) mass is 327 g/mol. The molecule has 1 aliphatic rings. The number of methoxy groups -OCH3 is 1. The number of rotatable bonds is 5. The first kappa shape index (κ1) is 16.0. The molecular weight excluding hydrogens is 310 g/mol. The zero-order valence-electron chi connectivity index (χ0n) is 11.7. The summed E-state index contributed by atoms with van der Waals surface area (Å²) in [7, 11) is 1.60. The lowest BCUT2D eigenvalue weighted by Crippen LogP contribution is -2.50. The van der Waals surface area contributed by atoms with Crippen LogP contribution in [0.3, 0.4) is 0 Å². The van der Waals surface area contributed by atoms with E-state index in [9.17, 15) is 14.7 Å². The number of carbonyl (C=O) groups is 2. The summed E-state index contributed by atoms with van der Waals surface area (Å²) in [5, 5.41) is 9.17. The van der Waals surface area contributed by atoms with E-state index in [0.29, 0.717) is 12.3 Å². The highest BCUT2D eigenvalue weighted by molar-refractivity contribution is 8.00. The summed E-state index contributed by atoms with van der Waals surface area (Å²) in [6, 6.07) is 6.75. The smallest absolute Gasteiger partial charge is 0.327 e. The molecule has 1 aromatic carbocycles. The first-order chi connectivity index (χ1) is 10.1. The van der Waals surface area contributed by atoms with E-state index in [0.717, 1.165) is 16.4 Å². The number of ether oxygens (including phenoxy) is 1. The minimum absolute atomic E-state index is 0.122. The van der Waals surface area contributed by atoms with Crippen molar-refractivity contribution in [1.29, 1.82) is 0 Å². The first-order valence-electron chi connectivity index (χ1n) is 6.48. The van der Waals surface area contributed by atoms with Gasteiger partial charge < -0.3 is 14.7 Å². The van der Waals surface area contributed by atoms with Gasteiger partial charge in [0.25, 0.3) is 0 Å². The Morgan fingerprint density at radius 3 is 2.76 bits per heavy atom. The Hall–Kier alpha value is -1.34. The average Bonchev–Trinajstić information content (AvgIpc) is 2.53. The van der Waals surface area contributed by atoms with Crippen molar-refractivity contribution in [2.24, 2.45) is 0 Å². The second-order valence-electron chi connectivity index (χ2n) is 4.48. The Labute approximate surface area is 132 Å². The molecular formula is C14H17NO4S2. The van der Waals surface area contributed by atoms with E-state index in [2.05, 4.69) is 0 Å². The highest BCUT2D eigenvalue weighted by atomic mass is 32.2. The number of hydrogen-bond donors (Lipinski definition) is 1. The topological polar surface area (TPSA) is 66.8 Å². The van der Waals surface area contributed by atoms with Gasteiger partial charge in [-0.05, 0) is 24.3 Å². The van der Waals surface area contributed by atoms with Crippen LogP contribution in [0.15, 0.2) is 29.2 Å². The van der Waals surface area contributed by atoms with Gasteiger partial charge in [0.15, 0.2) is 0 Å². The van der Waals surface area contributed by atoms with Gasteiger partial charge in [0.05, 0.1) is 12.9 Å². The summed E-state index contributed by atoms with van der Waals surface area (Å²) in [5.41, 5.74) is 0. The van der Waals surface area contributed by atoms with Gasteiger partial charge >= 0.3 is 5.97 Å². The average molecular weight is 327 g/mol. The molecule has 21 heavy (non-hydrogen) atoms. The van der Waals surface area contributed by atoms with Crippen LogP contribution in [-0.2, 0) is 9.59 Å². The molecule has 7 heteroatoms. The van der Waals surface area contributed by atoms with Crippen molar-refractivity contribution in [2.75, 3.05) is 30.9 Å². The Bertz CT molecular complexity index is 506. The van der Waals surface area contributed by atoms with Gasteiger partial charge in [-0.1, -0.05) is 0 Å². The molecule has 2 rings (SSSR count). The number of carbonyl (C=O) groups excluding carboxylic acids is 1. The summed E-state index contributed by atoms with van der Waals surface area (Å²) in [6.07, 6.45) is 0. The normalized spacial score (nSPS) is 18.3. The maximum Gasteiger partial charge on any atom is 0.327 e. The Balaban J connectivity index is 1.91. The second-order valence-corrected chi connectivity index (χ2v) is 6.68. The molecule has 1 saturated heterocycles. The lowest BCUT2D eigenvalue weighted by atomic mass is 10.2. The van der Waals surface area contributed by atoms with Crippen LogP contribution in [0.25, 0.3) is 0 Å². The fraction of sp³-hybridized carbons (Fsp3) is 0.429. The molecule has 1 atom stereocenters. The van der Waals surface area contributed by atoms with Crippen molar-refractivity contribution >= 4 is 35.4 Å². The molecule has 5 nitrogen and oxygen atoms in total. The molecule has 1 aromatic rings. The standard InChI is InChI=1S/C14H17NO4S2/c1-19-10-2-4-11(5-3-10)21-9-13(16)15-6-7-20-8-12(15)14(17)18/h2-5,12H,6-9H2,1H3,(H,17,18). The van der Waals surface area contributed by atoms with Crippen molar-refractivity contribution in [2.45, 2.75) is 10.9 Å². The van der Waals surface area contributed by atoms with Crippen molar-refractivity contribution in [1.82, 2.24) is 4.90 Å². The zero-order chi connectivity index (χ0) is 15.2. The maximum absolute atomic E-state index is 12.2. The summed E-state index contributed by atoms with van der Waals surface area (Å²) < 4.78 is 5.08. The number of aliphatic carboxylic acids is 1. The third kappa shape index (κ3) is 4.31. The van der Waals surface area contributed by atoms with Crippen LogP contribution < -0.4 is 4.74 Å². The van der Waals surface area contributed by atoms with Crippen LogP contribution in [0.2, 0.25) is 0 Å². The van der Waals surface area contributed by atoms with E-state index >= 15 is 0 Å². The van der Waals surface area contributed by atoms with E-state index < -0.39 is 12.0 Å². The van der Waals surface area contributed by atoms with Crippen LogP contribution in [0.5, 0.6) is 5.75 Å². The lowest BCUT2D eigenvalue weighted by molar-refractivity contribution is -0.148. The predicted molar refractivity (Wildman–Crippen MR) is 84.2 cm³/mol. The van der Waals surface area contributed by atoms with Gasteiger partial charge in [0.2, 0.25) is 5.91 Å². The van der Waals surface area contributed by atoms with Crippen molar-refractivity contribution in [3.05, 3.63) is 24.3 Å².